The van der Waals surface area contributed by atoms with Crippen molar-refractivity contribution >= 4 is 23.3 Å². The highest BCUT2D eigenvalue weighted by Crippen LogP contribution is 2.55. The van der Waals surface area contributed by atoms with Crippen molar-refractivity contribution in [3.8, 4) is 0 Å². The second-order valence-electron chi connectivity index (χ2n) is 7.06. The third kappa shape index (κ3) is 4.11. The maximum absolute atomic E-state index is 4.78. The average Bonchev–Trinajstić information content (AvgIpc) is 3.16. The van der Waals surface area contributed by atoms with Gasteiger partial charge in [0.15, 0.2) is 10.3 Å². The Hall–Kier alpha value is -0.400. The van der Waals surface area contributed by atoms with Crippen molar-refractivity contribution in [3.05, 3.63) is 23.3 Å². The van der Waals surface area contributed by atoms with Gasteiger partial charge in [-0.1, -0.05) is 51.8 Å². The van der Waals surface area contributed by atoms with Crippen LogP contribution in [0, 0.1) is 5.41 Å². The summed E-state index contributed by atoms with van der Waals surface area (Å²) < 4.78 is 2.38. The van der Waals surface area contributed by atoms with Crippen LogP contribution in [0.3, 0.4) is 0 Å². The fourth-order valence-electron chi connectivity index (χ4n) is 2.93. The molecule has 22 heavy (non-hydrogen) atoms. The molecular formula is C18H32N2PS+. The Labute approximate surface area is 140 Å². The Morgan fingerprint density at radius 2 is 2.09 bits per heavy atom. The molecule has 0 bridgehead atoms. The monoisotopic (exact) mass is 339 g/mol. The first-order valence-electron chi connectivity index (χ1n) is 8.60. The van der Waals surface area contributed by atoms with Gasteiger partial charge >= 0.3 is 6.85 Å². The summed E-state index contributed by atoms with van der Waals surface area (Å²) in [5.41, 5.74) is 4.16. The molecule has 0 spiro atoms. The second kappa shape index (κ2) is 7.45. The van der Waals surface area contributed by atoms with Gasteiger partial charge in [0.25, 0.3) is 0 Å². The predicted molar refractivity (Wildman–Crippen MR) is 104 cm³/mol. The first kappa shape index (κ1) is 17.9. The Morgan fingerprint density at radius 3 is 2.64 bits per heavy atom. The third-order valence-electron chi connectivity index (χ3n) is 4.99. The molecular weight excluding hydrogens is 307 g/mol. The molecule has 1 aliphatic heterocycles. The molecule has 3 unspecified atom stereocenters. The summed E-state index contributed by atoms with van der Waals surface area (Å²) in [6, 6.07) is 0. The largest absolute Gasteiger partial charge is 0.301 e. The van der Waals surface area contributed by atoms with Gasteiger partial charge in [-0.3, -0.25) is 0 Å². The maximum atomic E-state index is 4.78. The number of hydrazone groups is 1. The van der Waals surface area contributed by atoms with E-state index in [0.29, 0.717) is 15.7 Å². The lowest BCUT2D eigenvalue weighted by Crippen LogP contribution is -2.15. The molecule has 1 aliphatic carbocycles. The van der Waals surface area contributed by atoms with Crippen LogP contribution in [0.5, 0.6) is 0 Å². The molecule has 2 rings (SSSR count). The zero-order valence-electron chi connectivity index (χ0n) is 15.1. The molecule has 0 amide bonds. The number of hydrogen-bond donors (Lipinski definition) is 0. The maximum Gasteiger partial charge on any atom is 0.301 e. The Morgan fingerprint density at radius 1 is 1.36 bits per heavy atom. The molecule has 0 radical (unpaired) electrons. The molecule has 0 saturated carbocycles. The minimum Gasteiger partial charge on any atom is -0.130 e. The Kier molecular flexibility index (Phi) is 6.07. The number of allylic oxidation sites excluding steroid dienone is 4. The summed E-state index contributed by atoms with van der Waals surface area (Å²) >= 11 is 0. The summed E-state index contributed by atoms with van der Waals surface area (Å²) in [5.74, 6) is 0. The average molecular weight is 340 g/mol. The van der Waals surface area contributed by atoms with Crippen molar-refractivity contribution in [1.29, 1.82) is 0 Å². The summed E-state index contributed by atoms with van der Waals surface area (Å²) in [6.07, 6.45) is 15.3. The van der Waals surface area contributed by atoms with Crippen molar-refractivity contribution in [3.63, 3.8) is 0 Å². The number of hydrogen-bond acceptors (Lipinski definition) is 2. The fourth-order valence-corrected chi connectivity index (χ4v) is 9.60. The van der Waals surface area contributed by atoms with E-state index in [9.17, 15) is 0 Å². The van der Waals surface area contributed by atoms with Crippen molar-refractivity contribution in [2.75, 3.05) is 6.26 Å². The predicted octanol–water partition coefficient (Wildman–Crippen LogP) is 6.03. The van der Waals surface area contributed by atoms with Crippen LogP contribution in [0.1, 0.15) is 66.7 Å². The third-order valence-corrected chi connectivity index (χ3v) is 11.7. The first-order valence-corrected chi connectivity index (χ1v) is 12.2. The zero-order valence-corrected chi connectivity index (χ0v) is 16.8. The van der Waals surface area contributed by atoms with E-state index in [1.54, 1.807) is 5.57 Å². The molecule has 0 saturated heterocycles. The van der Waals surface area contributed by atoms with Gasteiger partial charge in [0, 0.05) is 6.26 Å². The molecule has 0 fully saturated rings. The van der Waals surface area contributed by atoms with E-state index in [1.165, 1.54) is 31.3 Å². The molecule has 2 aliphatic rings. The summed E-state index contributed by atoms with van der Waals surface area (Å²) in [6.45, 7) is 11.7. The van der Waals surface area contributed by atoms with E-state index in [1.807, 2.05) is 0 Å². The summed E-state index contributed by atoms with van der Waals surface area (Å²) in [5, 5.41) is 4.78. The van der Waals surface area contributed by atoms with Crippen LogP contribution in [0.4, 0.5) is 0 Å². The molecule has 0 aromatic rings. The van der Waals surface area contributed by atoms with Gasteiger partial charge in [-0.15, -0.1) is 5.10 Å². The topological polar surface area (TPSA) is 15.4 Å². The van der Waals surface area contributed by atoms with E-state index < -0.39 is 0 Å². The van der Waals surface area contributed by atoms with Crippen molar-refractivity contribution in [2.45, 2.75) is 72.4 Å². The van der Waals surface area contributed by atoms with E-state index in [2.05, 4.69) is 63.4 Å². The minimum atomic E-state index is 0.0214. The van der Waals surface area contributed by atoms with E-state index in [0.717, 1.165) is 12.1 Å². The van der Waals surface area contributed by atoms with Crippen LogP contribution in [-0.2, 0) is 10.3 Å². The Balaban J connectivity index is 1.94. The number of nitrogens with zero attached hydrogens (tertiary/aromatic N) is 2. The summed E-state index contributed by atoms with van der Waals surface area (Å²) in [4.78, 5) is 0. The van der Waals surface area contributed by atoms with Crippen molar-refractivity contribution < 1.29 is 0 Å². The Bertz CT molecular complexity index is 543. The minimum absolute atomic E-state index is 0.0214. The van der Waals surface area contributed by atoms with Crippen LogP contribution in [-0.4, -0.2) is 22.3 Å². The van der Waals surface area contributed by atoms with Crippen molar-refractivity contribution in [1.82, 2.24) is 4.18 Å². The molecule has 0 aromatic carbocycles. The lowest BCUT2D eigenvalue weighted by atomic mass is 9.77. The highest BCUT2D eigenvalue weighted by Gasteiger charge is 2.48. The quantitative estimate of drug-likeness (QED) is 0.408. The van der Waals surface area contributed by atoms with Gasteiger partial charge in [0.1, 0.15) is 5.66 Å². The first-order chi connectivity index (χ1) is 10.4. The molecule has 4 heteroatoms. The van der Waals surface area contributed by atoms with Gasteiger partial charge < -0.3 is 0 Å². The molecule has 1 heterocycles. The fraction of sp³-hybridized carbons (Fsp3) is 0.722. The van der Waals surface area contributed by atoms with Gasteiger partial charge in [0.2, 0.25) is 0 Å². The summed E-state index contributed by atoms with van der Waals surface area (Å²) in [7, 11) is 0.413. The van der Waals surface area contributed by atoms with Crippen LogP contribution in [0.25, 0.3) is 0 Å². The molecule has 0 N–H and O–H groups in total. The highest BCUT2D eigenvalue weighted by molar-refractivity contribution is 8.37. The van der Waals surface area contributed by atoms with Crippen LogP contribution in [0.2, 0.25) is 0 Å². The lowest BCUT2D eigenvalue weighted by Gasteiger charge is -2.28. The highest BCUT2D eigenvalue weighted by atomic mass is 32.6. The molecule has 2 nitrogen and oxygen atoms in total. The molecule has 3 atom stereocenters. The van der Waals surface area contributed by atoms with Crippen LogP contribution in [0.15, 0.2) is 28.4 Å². The zero-order chi connectivity index (χ0) is 16.3. The normalized spacial score (nSPS) is 25.3. The van der Waals surface area contributed by atoms with Gasteiger partial charge in [0.05, 0.1) is 6.21 Å². The van der Waals surface area contributed by atoms with E-state index in [-0.39, 0.29) is 6.85 Å². The van der Waals surface area contributed by atoms with E-state index >= 15 is 0 Å². The lowest BCUT2D eigenvalue weighted by molar-refractivity contribution is 0.412. The molecule has 0 aromatic heterocycles. The van der Waals surface area contributed by atoms with Crippen LogP contribution >= 0.6 is 6.85 Å². The number of rotatable bonds is 7. The van der Waals surface area contributed by atoms with Crippen molar-refractivity contribution in [2.24, 2.45) is 10.5 Å². The van der Waals surface area contributed by atoms with Crippen LogP contribution < -0.4 is 0 Å². The smallest absolute Gasteiger partial charge is 0.130 e. The second-order valence-corrected chi connectivity index (χ2v) is 13.1. The molecule has 124 valence electrons. The van der Waals surface area contributed by atoms with Gasteiger partial charge in [-0.05, 0) is 47.8 Å². The standard InChI is InChI=1S/C18H32N2PS/c1-7-9-15(3)21-20(22(21)6)19-14-16-10-12-17(13-11-16)18(4,5)8-2/h10,12,14-15H,7-9,11,13H2,1-6H3/q+1. The SMILES string of the molecule is CCCC(C)[P+]1=S(C)N1N=CC1=CC=C(C(C)(C)CC)CC1. The van der Waals surface area contributed by atoms with E-state index in [4.69, 9.17) is 5.10 Å². The van der Waals surface area contributed by atoms with Gasteiger partial charge in [-0.2, -0.15) is 0 Å². The van der Waals surface area contributed by atoms with Gasteiger partial charge in [-0.25, -0.2) is 0 Å².